The van der Waals surface area contributed by atoms with Crippen molar-refractivity contribution in [1.82, 2.24) is 14.7 Å². The maximum atomic E-state index is 13.5. The van der Waals surface area contributed by atoms with Crippen LogP contribution in [0.3, 0.4) is 0 Å². The van der Waals surface area contributed by atoms with Gasteiger partial charge in [0, 0.05) is 64.4 Å². The number of amides is 5. The molecule has 0 N–H and O–H groups in total. The Morgan fingerprint density at radius 2 is 1.81 bits per heavy atom. The average Bonchev–Trinajstić information content (AvgIpc) is 2.78. The molecule has 5 amide bonds. The number of barbiturate groups is 1. The van der Waals surface area contributed by atoms with Crippen LogP contribution < -0.4 is 4.90 Å². The summed E-state index contributed by atoms with van der Waals surface area (Å²) in [6.07, 6.45) is 0.210. The highest BCUT2D eigenvalue weighted by Gasteiger charge is 2.64. The van der Waals surface area contributed by atoms with Crippen molar-refractivity contribution in [3.63, 3.8) is 0 Å². The summed E-state index contributed by atoms with van der Waals surface area (Å²) < 4.78 is 0. The lowest BCUT2D eigenvalue weighted by Gasteiger charge is -2.56. The van der Waals surface area contributed by atoms with Crippen LogP contribution in [0.15, 0.2) is 18.2 Å². The minimum absolute atomic E-state index is 0.0844. The molecule has 0 aliphatic carbocycles. The first kappa shape index (κ1) is 20.8. The number of piperazine rings is 1. The van der Waals surface area contributed by atoms with E-state index in [9.17, 15) is 29.3 Å². The van der Waals surface area contributed by atoms with Crippen molar-refractivity contribution in [2.45, 2.75) is 25.8 Å². The van der Waals surface area contributed by atoms with Crippen molar-refractivity contribution in [2.75, 3.05) is 38.6 Å². The third-order valence-corrected chi connectivity index (χ3v) is 6.60. The van der Waals surface area contributed by atoms with Crippen LogP contribution in [0.4, 0.5) is 16.2 Å². The molecule has 11 heteroatoms. The third kappa shape index (κ3) is 2.79. The van der Waals surface area contributed by atoms with E-state index < -0.39 is 34.2 Å². The monoisotopic (exact) mass is 429 g/mol. The van der Waals surface area contributed by atoms with Gasteiger partial charge in [0.25, 0.3) is 5.69 Å². The highest BCUT2D eigenvalue weighted by atomic mass is 16.6. The van der Waals surface area contributed by atoms with Crippen molar-refractivity contribution in [2.24, 2.45) is 5.41 Å². The molecule has 1 spiro atoms. The standard InChI is InChI=1S/C20H23N5O6/c1-4-16(26)23-7-8-24-14-6-5-13(25(30)31)9-12(14)10-20(15(24)11-23)17(27)21(2)19(29)22(3)18(20)28/h5-6,9,15H,4,7-8,10-11H2,1-3H3/t15-/m0/s1. The number of carbonyl (C=O) groups is 4. The molecule has 1 aromatic carbocycles. The zero-order chi connectivity index (χ0) is 22.7. The van der Waals surface area contributed by atoms with E-state index in [0.717, 1.165) is 9.80 Å². The van der Waals surface area contributed by atoms with Gasteiger partial charge >= 0.3 is 6.03 Å². The smallest absolute Gasteiger partial charge is 0.332 e. The van der Waals surface area contributed by atoms with E-state index in [1.807, 2.05) is 4.90 Å². The molecule has 11 nitrogen and oxygen atoms in total. The van der Waals surface area contributed by atoms with E-state index in [-0.39, 0.29) is 24.6 Å². The molecule has 1 atom stereocenters. The topological polar surface area (TPSA) is 124 Å². The molecule has 164 valence electrons. The summed E-state index contributed by atoms with van der Waals surface area (Å²) >= 11 is 0. The Morgan fingerprint density at radius 1 is 1.16 bits per heavy atom. The lowest BCUT2D eigenvalue weighted by Crippen LogP contribution is -2.75. The summed E-state index contributed by atoms with van der Waals surface area (Å²) in [4.78, 5) is 67.9. The predicted molar refractivity (Wildman–Crippen MR) is 108 cm³/mol. The van der Waals surface area contributed by atoms with Gasteiger partial charge in [0.1, 0.15) is 0 Å². The predicted octanol–water partition coefficient (Wildman–Crippen LogP) is 0.615. The van der Waals surface area contributed by atoms with Crippen molar-refractivity contribution in [3.8, 4) is 0 Å². The number of rotatable bonds is 2. The maximum absolute atomic E-state index is 13.5. The van der Waals surface area contributed by atoms with E-state index in [0.29, 0.717) is 30.8 Å². The first-order valence-corrected chi connectivity index (χ1v) is 10.1. The molecule has 0 saturated carbocycles. The zero-order valence-corrected chi connectivity index (χ0v) is 17.5. The molecule has 3 aliphatic heterocycles. The van der Waals surface area contributed by atoms with Gasteiger partial charge in [0.05, 0.1) is 11.0 Å². The number of nitrogens with zero attached hydrogens (tertiary/aromatic N) is 5. The number of nitro groups is 1. The fourth-order valence-electron chi connectivity index (χ4n) is 4.99. The van der Waals surface area contributed by atoms with Crippen LogP contribution in [0.2, 0.25) is 0 Å². The molecular formula is C20H23N5O6. The molecule has 0 aromatic heterocycles. The lowest BCUT2D eigenvalue weighted by molar-refractivity contribution is -0.384. The second kappa shape index (κ2) is 7.03. The van der Waals surface area contributed by atoms with Crippen LogP contribution in [0, 0.1) is 15.5 Å². The fraction of sp³-hybridized carbons (Fsp3) is 0.500. The van der Waals surface area contributed by atoms with E-state index >= 15 is 0 Å². The van der Waals surface area contributed by atoms with Crippen LogP contribution in [0.1, 0.15) is 18.9 Å². The summed E-state index contributed by atoms with van der Waals surface area (Å²) in [5.41, 5.74) is -0.599. The molecular weight excluding hydrogens is 406 g/mol. The largest absolute Gasteiger partial charge is 0.363 e. The number of nitro benzene ring substituents is 1. The molecule has 0 radical (unpaired) electrons. The van der Waals surface area contributed by atoms with Crippen LogP contribution in [-0.2, 0) is 20.8 Å². The summed E-state index contributed by atoms with van der Waals surface area (Å²) in [6, 6.07) is 2.98. The van der Waals surface area contributed by atoms with Gasteiger partial charge in [-0.05, 0) is 11.6 Å². The Morgan fingerprint density at radius 3 is 2.39 bits per heavy atom. The van der Waals surface area contributed by atoms with Crippen molar-refractivity contribution in [3.05, 3.63) is 33.9 Å². The minimum Gasteiger partial charge on any atom is -0.363 e. The van der Waals surface area contributed by atoms with Gasteiger partial charge in [-0.15, -0.1) is 0 Å². The zero-order valence-electron chi connectivity index (χ0n) is 17.5. The van der Waals surface area contributed by atoms with E-state index in [4.69, 9.17) is 0 Å². The van der Waals surface area contributed by atoms with Crippen LogP contribution in [0.5, 0.6) is 0 Å². The van der Waals surface area contributed by atoms with E-state index in [2.05, 4.69) is 0 Å². The number of benzene rings is 1. The van der Waals surface area contributed by atoms with Crippen molar-refractivity contribution in [1.29, 1.82) is 0 Å². The Hall–Kier alpha value is -3.50. The van der Waals surface area contributed by atoms with Gasteiger partial charge in [-0.25, -0.2) is 4.79 Å². The second-order valence-electron chi connectivity index (χ2n) is 8.13. The number of urea groups is 1. The minimum atomic E-state index is -1.66. The number of fused-ring (bicyclic) bond motifs is 4. The summed E-state index contributed by atoms with van der Waals surface area (Å²) in [5, 5.41) is 11.3. The summed E-state index contributed by atoms with van der Waals surface area (Å²) in [7, 11) is 2.64. The second-order valence-corrected chi connectivity index (χ2v) is 8.13. The van der Waals surface area contributed by atoms with Crippen molar-refractivity contribution >= 4 is 35.1 Å². The molecule has 2 saturated heterocycles. The SMILES string of the molecule is CCC(=O)N1CCN2c3ccc([N+](=O)[O-])cc3CC3(C(=O)N(C)C(=O)N(C)C3=O)[C@@H]2C1. The number of imide groups is 2. The first-order valence-electron chi connectivity index (χ1n) is 10.1. The lowest BCUT2D eigenvalue weighted by atomic mass is 9.67. The van der Waals surface area contributed by atoms with Crippen LogP contribution in [-0.4, -0.2) is 83.1 Å². The molecule has 2 fully saturated rings. The van der Waals surface area contributed by atoms with Crippen molar-refractivity contribution < 1.29 is 24.1 Å². The Kier molecular flexibility index (Phi) is 4.71. The third-order valence-electron chi connectivity index (χ3n) is 6.60. The molecule has 1 aromatic rings. The van der Waals surface area contributed by atoms with E-state index in [1.165, 1.54) is 26.2 Å². The Bertz CT molecular complexity index is 999. The number of carbonyl (C=O) groups excluding carboxylic acids is 4. The number of non-ortho nitro benzene ring substituents is 1. The van der Waals surface area contributed by atoms with Crippen LogP contribution in [0.25, 0.3) is 0 Å². The van der Waals surface area contributed by atoms with Gasteiger partial charge in [0.15, 0.2) is 5.41 Å². The van der Waals surface area contributed by atoms with Crippen LogP contribution >= 0.6 is 0 Å². The molecule has 31 heavy (non-hydrogen) atoms. The van der Waals surface area contributed by atoms with Gasteiger partial charge in [-0.1, -0.05) is 6.92 Å². The van der Waals surface area contributed by atoms with Gasteiger partial charge in [-0.2, -0.15) is 0 Å². The highest BCUT2D eigenvalue weighted by Crippen LogP contribution is 2.47. The fourth-order valence-corrected chi connectivity index (χ4v) is 4.99. The normalized spacial score (nSPS) is 22.5. The van der Waals surface area contributed by atoms with Gasteiger partial charge in [-0.3, -0.25) is 34.3 Å². The summed E-state index contributed by atoms with van der Waals surface area (Å²) in [6.45, 7) is 2.67. The number of anilines is 1. The highest BCUT2D eigenvalue weighted by molar-refractivity contribution is 6.20. The maximum Gasteiger partial charge on any atom is 0.332 e. The molecule has 3 heterocycles. The molecule has 0 unspecified atom stereocenters. The van der Waals surface area contributed by atoms with E-state index in [1.54, 1.807) is 17.9 Å². The first-order chi connectivity index (χ1) is 14.6. The number of hydrogen-bond acceptors (Lipinski definition) is 7. The molecule has 3 aliphatic rings. The van der Waals surface area contributed by atoms with Gasteiger partial charge in [0.2, 0.25) is 17.7 Å². The molecule has 4 rings (SSSR count). The molecule has 0 bridgehead atoms. The Balaban J connectivity index is 1.90. The summed E-state index contributed by atoms with van der Waals surface area (Å²) in [5.74, 6) is -1.39. The quantitative estimate of drug-likeness (QED) is 0.383. The average molecular weight is 429 g/mol. The van der Waals surface area contributed by atoms with Gasteiger partial charge < -0.3 is 9.80 Å². The number of hydrogen-bond donors (Lipinski definition) is 0. The Labute approximate surface area is 178 Å².